The fourth-order valence-electron chi connectivity index (χ4n) is 1.77. The molecule has 1 heterocycles. The van der Waals surface area contributed by atoms with Crippen LogP contribution in [-0.4, -0.2) is 18.7 Å². The third-order valence-electron chi connectivity index (χ3n) is 3.29. The molecule has 19 heavy (non-hydrogen) atoms. The molecule has 1 unspecified atom stereocenters. The number of sulfone groups is 1. The van der Waals surface area contributed by atoms with E-state index in [9.17, 15) is 8.42 Å². The number of nitrogen functional groups attached to an aromatic ring is 1. The second-order valence-corrected chi connectivity index (χ2v) is 7.45. The fourth-order valence-corrected chi connectivity index (χ4v) is 3.33. The van der Waals surface area contributed by atoms with Gasteiger partial charge in [0.05, 0.1) is 5.25 Å². The quantitative estimate of drug-likeness (QED) is 0.870. The second-order valence-electron chi connectivity index (χ2n) is 5.09. The molecule has 2 rings (SSSR count). The lowest BCUT2D eigenvalue weighted by molar-refractivity contribution is 0.520. The predicted octanol–water partition coefficient (Wildman–Crippen LogP) is 2.37. The Morgan fingerprint density at radius 1 is 1.32 bits per heavy atom. The summed E-state index contributed by atoms with van der Waals surface area (Å²) in [5, 5.41) is -0.424. The summed E-state index contributed by atoms with van der Waals surface area (Å²) in [6, 6.07) is 5.07. The number of hydrogen-bond acceptors (Lipinski definition) is 5. The first-order chi connectivity index (χ1) is 8.79. The van der Waals surface area contributed by atoms with E-state index < -0.39 is 15.1 Å². The molecule has 1 aromatic heterocycles. The van der Waals surface area contributed by atoms with Gasteiger partial charge in [-0.1, -0.05) is 13.8 Å². The lowest BCUT2D eigenvalue weighted by atomic mass is 10.2. The second kappa shape index (κ2) is 4.85. The number of rotatable bonds is 4. The number of nitrogens with two attached hydrogens (primary N) is 1. The van der Waals surface area contributed by atoms with E-state index in [0.717, 1.165) is 0 Å². The average Bonchev–Trinajstić information content (AvgIpc) is 2.68. The Labute approximate surface area is 112 Å². The molecule has 0 bridgehead atoms. The van der Waals surface area contributed by atoms with Crippen molar-refractivity contribution in [1.29, 1.82) is 0 Å². The molecular formula is C13H18N2O3S. The first-order valence-corrected chi connectivity index (χ1v) is 7.87. The van der Waals surface area contributed by atoms with Gasteiger partial charge in [-0.25, -0.2) is 13.4 Å². The lowest BCUT2D eigenvalue weighted by Gasteiger charge is -2.14. The Bertz CT molecular complexity index is 689. The van der Waals surface area contributed by atoms with Crippen LogP contribution in [0.4, 0.5) is 5.69 Å². The molecule has 2 aromatic rings. The summed E-state index contributed by atoms with van der Waals surface area (Å²) in [4.78, 5) is 4.18. The van der Waals surface area contributed by atoms with Crippen LogP contribution in [0.5, 0.6) is 0 Å². The summed E-state index contributed by atoms with van der Waals surface area (Å²) in [7, 11) is -3.26. The van der Waals surface area contributed by atoms with Gasteiger partial charge in [0.25, 0.3) is 0 Å². The standard InChI is InChI=1S/C13H18N2O3S/c1-8(2)9(3)19(16,17)7-13-15-11-5-4-10(14)6-12(11)18-13/h4-6,8-9H,7,14H2,1-3H3. The Morgan fingerprint density at radius 2 is 2.00 bits per heavy atom. The Morgan fingerprint density at radius 3 is 2.63 bits per heavy atom. The Kier molecular flexibility index (Phi) is 3.54. The maximum Gasteiger partial charge on any atom is 0.210 e. The lowest BCUT2D eigenvalue weighted by Crippen LogP contribution is -2.24. The summed E-state index contributed by atoms with van der Waals surface area (Å²) in [6.45, 7) is 5.48. The molecule has 0 fully saturated rings. The molecule has 5 nitrogen and oxygen atoms in total. The van der Waals surface area contributed by atoms with E-state index in [2.05, 4.69) is 4.98 Å². The molecule has 1 atom stereocenters. The maximum atomic E-state index is 12.2. The van der Waals surface area contributed by atoms with E-state index in [1.54, 1.807) is 25.1 Å². The molecule has 0 aliphatic heterocycles. The van der Waals surface area contributed by atoms with Crippen LogP contribution in [0.2, 0.25) is 0 Å². The van der Waals surface area contributed by atoms with Crippen LogP contribution in [0.3, 0.4) is 0 Å². The SMILES string of the molecule is CC(C)C(C)S(=O)(=O)Cc1nc2ccc(N)cc2o1. The van der Waals surface area contributed by atoms with Gasteiger partial charge in [0.1, 0.15) is 11.3 Å². The largest absolute Gasteiger partial charge is 0.440 e. The van der Waals surface area contributed by atoms with Gasteiger partial charge in [-0.2, -0.15) is 0 Å². The van der Waals surface area contributed by atoms with Crippen LogP contribution in [0.1, 0.15) is 26.7 Å². The number of benzene rings is 1. The van der Waals surface area contributed by atoms with Gasteiger partial charge in [0.15, 0.2) is 15.4 Å². The summed E-state index contributed by atoms with van der Waals surface area (Å²) in [6.07, 6.45) is 0. The van der Waals surface area contributed by atoms with Gasteiger partial charge >= 0.3 is 0 Å². The first kappa shape index (κ1) is 13.9. The van der Waals surface area contributed by atoms with E-state index in [0.29, 0.717) is 16.8 Å². The fraction of sp³-hybridized carbons (Fsp3) is 0.462. The van der Waals surface area contributed by atoms with Crippen molar-refractivity contribution in [3.05, 3.63) is 24.1 Å². The molecule has 2 N–H and O–H groups in total. The van der Waals surface area contributed by atoms with Crippen molar-refractivity contribution in [2.45, 2.75) is 31.8 Å². The molecule has 0 saturated heterocycles. The summed E-state index contributed by atoms with van der Waals surface area (Å²) >= 11 is 0. The van der Waals surface area contributed by atoms with Crippen LogP contribution < -0.4 is 5.73 Å². The van der Waals surface area contributed by atoms with E-state index in [-0.39, 0.29) is 17.6 Å². The highest BCUT2D eigenvalue weighted by Gasteiger charge is 2.26. The smallest absolute Gasteiger partial charge is 0.210 e. The molecule has 1 aromatic carbocycles. The van der Waals surface area contributed by atoms with Crippen LogP contribution in [0.25, 0.3) is 11.1 Å². The van der Waals surface area contributed by atoms with Gasteiger partial charge in [-0.05, 0) is 25.0 Å². The molecule has 0 aliphatic rings. The first-order valence-electron chi connectivity index (χ1n) is 6.16. The van der Waals surface area contributed by atoms with Crippen molar-refractivity contribution in [1.82, 2.24) is 4.98 Å². The third kappa shape index (κ3) is 2.89. The topological polar surface area (TPSA) is 86.2 Å². The summed E-state index contributed by atoms with van der Waals surface area (Å²) < 4.78 is 29.8. The highest BCUT2D eigenvalue weighted by molar-refractivity contribution is 7.91. The zero-order chi connectivity index (χ0) is 14.2. The summed E-state index contributed by atoms with van der Waals surface area (Å²) in [5.74, 6) is 0.0964. The van der Waals surface area contributed by atoms with E-state index in [4.69, 9.17) is 10.2 Å². The Balaban J connectivity index is 2.31. The zero-order valence-corrected chi connectivity index (χ0v) is 12.1. The highest BCUT2D eigenvalue weighted by atomic mass is 32.2. The van der Waals surface area contributed by atoms with E-state index >= 15 is 0 Å². The summed E-state index contributed by atoms with van der Waals surface area (Å²) in [5.41, 5.74) is 7.34. The normalized spacial score (nSPS) is 14.1. The van der Waals surface area contributed by atoms with Gasteiger partial charge in [-0.15, -0.1) is 0 Å². The van der Waals surface area contributed by atoms with Gasteiger partial charge in [0.2, 0.25) is 5.89 Å². The van der Waals surface area contributed by atoms with Crippen molar-refractivity contribution in [2.24, 2.45) is 5.92 Å². The zero-order valence-electron chi connectivity index (χ0n) is 11.3. The van der Waals surface area contributed by atoms with Gasteiger partial charge in [0, 0.05) is 11.8 Å². The van der Waals surface area contributed by atoms with Crippen molar-refractivity contribution in [3.63, 3.8) is 0 Å². The molecular weight excluding hydrogens is 264 g/mol. The number of hydrogen-bond donors (Lipinski definition) is 1. The van der Waals surface area contributed by atoms with Crippen molar-refractivity contribution in [2.75, 3.05) is 5.73 Å². The third-order valence-corrected chi connectivity index (χ3v) is 5.61. The van der Waals surface area contributed by atoms with Crippen molar-refractivity contribution in [3.8, 4) is 0 Å². The minimum atomic E-state index is -3.26. The molecule has 0 amide bonds. The van der Waals surface area contributed by atoms with E-state index in [1.807, 2.05) is 13.8 Å². The minimum absolute atomic E-state index is 0.0602. The van der Waals surface area contributed by atoms with Crippen molar-refractivity contribution >= 4 is 26.6 Å². The van der Waals surface area contributed by atoms with Crippen LogP contribution in [0.15, 0.2) is 22.6 Å². The van der Waals surface area contributed by atoms with Crippen LogP contribution in [0, 0.1) is 5.92 Å². The van der Waals surface area contributed by atoms with Crippen molar-refractivity contribution < 1.29 is 12.8 Å². The maximum absolute atomic E-state index is 12.2. The predicted molar refractivity (Wildman–Crippen MR) is 75.3 cm³/mol. The molecule has 104 valence electrons. The van der Waals surface area contributed by atoms with E-state index in [1.165, 1.54) is 0 Å². The number of nitrogens with zero attached hydrogens (tertiary/aromatic N) is 1. The van der Waals surface area contributed by atoms with Crippen LogP contribution >= 0.6 is 0 Å². The highest BCUT2D eigenvalue weighted by Crippen LogP contribution is 2.22. The molecule has 6 heteroatoms. The van der Waals surface area contributed by atoms with Gasteiger partial charge in [-0.3, -0.25) is 0 Å². The number of aromatic nitrogens is 1. The van der Waals surface area contributed by atoms with Gasteiger partial charge < -0.3 is 10.2 Å². The monoisotopic (exact) mass is 282 g/mol. The number of anilines is 1. The molecule has 0 saturated carbocycles. The number of oxazole rings is 1. The average molecular weight is 282 g/mol. The Hall–Kier alpha value is -1.56. The molecule has 0 spiro atoms. The number of fused-ring (bicyclic) bond motifs is 1. The molecule has 0 radical (unpaired) electrons. The van der Waals surface area contributed by atoms with Crippen LogP contribution in [-0.2, 0) is 15.6 Å². The molecule has 0 aliphatic carbocycles. The minimum Gasteiger partial charge on any atom is -0.440 e.